The molecule has 1 aromatic heterocycles. The van der Waals surface area contributed by atoms with Crippen molar-refractivity contribution < 1.29 is 14.0 Å². The van der Waals surface area contributed by atoms with Crippen molar-refractivity contribution in [1.29, 1.82) is 0 Å². The summed E-state index contributed by atoms with van der Waals surface area (Å²) < 4.78 is 15.1. The molecule has 1 amide bonds. The number of amides is 1. The standard InChI is InChI=1S/C24H15BrFN2O2/c1-14-22(24(30)28-21-9-7-15(13-29)11-19(21)26)18-12-17(25)8-10-20(18)27-23(14)16-5-3-2-4-6-16/h2-12H,1H3,(H,28,30). The predicted octanol–water partition coefficient (Wildman–Crippen LogP) is 5.82. The Morgan fingerprint density at radius 3 is 2.53 bits per heavy atom. The fraction of sp³-hybridized carbons (Fsp3) is 0.0417. The van der Waals surface area contributed by atoms with Crippen LogP contribution in [-0.2, 0) is 4.79 Å². The molecule has 4 nitrogen and oxygen atoms in total. The summed E-state index contributed by atoms with van der Waals surface area (Å²) in [6, 6.07) is 18.9. The van der Waals surface area contributed by atoms with Gasteiger partial charge in [-0.25, -0.2) is 9.37 Å². The predicted molar refractivity (Wildman–Crippen MR) is 119 cm³/mol. The maximum Gasteiger partial charge on any atom is 0.256 e. The first-order chi connectivity index (χ1) is 14.5. The topological polar surface area (TPSA) is 59.1 Å². The molecule has 6 heteroatoms. The molecule has 0 saturated carbocycles. The first-order valence-corrected chi connectivity index (χ1v) is 9.91. The number of nitrogens with one attached hydrogen (secondary N) is 1. The molecule has 0 unspecified atom stereocenters. The largest absolute Gasteiger partial charge is 0.319 e. The number of pyridine rings is 1. The Bertz CT molecular complexity index is 1290. The fourth-order valence-corrected chi connectivity index (χ4v) is 3.73. The Labute approximate surface area is 180 Å². The maximum atomic E-state index is 14.3. The minimum Gasteiger partial charge on any atom is -0.319 e. The van der Waals surface area contributed by atoms with Gasteiger partial charge in [-0.1, -0.05) is 46.3 Å². The molecular formula is C24H15BrFN2O2. The number of carbonyl (C=O) groups excluding carboxylic acids is 2. The number of nitrogens with zero attached hydrogens (tertiary/aromatic N) is 1. The Hall–Kier alpha value is -3.38. The molecule has 4 aromatic rings. The molecule has 0 saturated heterocycles. The summed E-state index contributed by atoms with van der Waals surface area (Å²) in [5, 5.41) is 3.27. The van der Waals surface area contributed by atoms with Crippen LogP contribution in [-0.4, -0.2) is 17.2 Å². The molecule has 0 aliphatic carbocycles. The molecule has 4 rings (SSSR count). The van der Waals surface area contributed by atoms with Gasteiger partial charge in [0, 0.05) is 21.0 Å². The number of hydrogen-bond donors (Lipinski definition) is 1. The molecule has 0 bridgehead atoms. The average molecular weight is 462 g/mol. The lowest BCUT2D eigenvalue weighted by Gasteiger charge is -2.15. The Morgan fingerprint density at radius 1 is 1.07 bits per heavy atom. The van der Waals surface area contributed by atoms with Crippen LogP contribution in [0.15, 0.2) is 71.2 Å². The summed E-state index contributed by atoms with van der Waals surface area (Å²) in [4.78, 5) is 28.7. The van der Waals surface area contributed by atoms with Crippen LogP contribution in [0, 0.1) is 12.7 Å². The van der Waals surface area contributed by atoms with Crippen LogP contribution in [0.4, 0.5) is 10.1 Å². The summed E-state index contributed by atoms with van der Waals surface area (Å²) in [6.07, 6.45) is 1.63. The number of fused-ring (bicyclic) bond motifs is 1. The zero-order valence-corrected chi connectivity index (χ0v) is 17.5. The second-order valence-electron chi connectivity index (χ2n) is 6.74. The third kappa shape index (κ3) is 3.74. The van der Waals surface area contributed by atoms with Gasteiger partial charge in [0.2, 0.25) is 6.29 Å². The lowest BCUT2D eigenvalue weighted by molar-refractivity contribution is 0.102. The number of rotatable bonds is 4. The van der Waals surface area contributed by atoms with Crippen molar-refractivity contribution >= 4 is 44.7 Å². The van der Waals surface area contributed by atoms with Crippen molar-refractivity contribution in [2.45, 2.75) is 6.92 Å². The number of aromatic nitrogens is 1. The van der Waals surface area contributed by atoms with Crippen LogP contribution in [0.2, 0.25) is 0 Å². The molecule has 0 aliphatic rings. The van der Waals surface area contributed by atoms with Crippen LogP contribution in [0.1, 0.15) is 21.5 Å². The molecule has 3 aromatic carbocycles. The monoisotopic (exact) mass is 461 g/mol. The van der Waals surface area contributed by atoms with Crippen molar-refractivity contribution in [1.82, 2.24) is 4.98 Å². The van der Waals surface area contributed by atoms with Crippen molar-refractivity contribution in [2.24, 2.45) is 0 Å². The SMILES string of the molecule is Cc1c(-c2ccccc2)nc2ccc(Br)cc2c1C(=O)Nc1ccc([C]=O)cc1F. The van der Waals surface area contributed by atoms with Crippen LogP contribution < -0.4 is 5.32 Å². The highest BCUT2D eigenvalue weighted by Gasteiger charge is 2.20. The second kappa shape index (κ2) is 8.16. The molecule has 0 atom stereocenters. The Kier molecular flexibility index (Phi) is 5.42. The van der Waals surface area contributed by atoms with Crippen LogP contribution >= 0.6 is 15.9 Å². The zero-order chi connectivity index (χ0) is 21.3. The van der Waals surface area contributed by atoms with E-state index in [0.29, 0.717) is 27.7 Å². The van der Waals surface area contributed by atoms with E-state index in [1.54, 1.807) is 6.29 Å². The van der Waals surface area contributed by atoms with Crippen molar-refractivity contribution in [3.05, 3.63) is 93.7 Å². The summed E-state index contributed by atoms with van der Waals surface area (Å²) in [7, 11) is 0. The quantitative estimate of drug-likeness (QED) is 0.416. The van der Waals surface area contributed by atoms with E-state index in [0.717, 1.165) is 16.1 Å². The highest BCUT2D eigenvalue weighted by atomic mass is 79.9. The molecule has 147 valence electrons. The molecule has 0 fully saturated rings. The highest BCUT2D eigenvalue weighted by Crippen LogP contribution is 2.32. The van der Waals surface area contributed by atoms with Crippen LogP contribution in [0.25, 0.3) is 22.2 Å². The van der Waals surface area contributed by atoms with Crippen LogP contribution in [0.3, 0.4) is 0 Å². The second-order valence-corrected chi connectivity index (χ2v) is 7.65. The summed E-state index contributed by atoms with van der Waals surface area (Å²) in [6.45, 7) is 1.82. The highest BCUT2D eigenvalue weighted by molar-refractivity contribution is 9.10. The zero-order valence-electron chi connectivity index (χ0n) is 15.9. The van der Waals surface area contributed by atoms with E-state index in [2.05, 4.69) is 21.2 Å². The number of halogens is 2. The van der Waals surface area contributed by atoms with Crippen molar-refractivity contribution in [3.63, 3.8) is 0 Å². The minimum absolute atomic E-state index is 0.0142. The number of hydrogen-bond acceptors (Lipinski definition) is 3. The molecule has 1 heterocycles. The first-order valence-electron chi connectivity index (χ1n) is 9.12. The molecule has 30 heavy (non-hydrogen) atoms. The third-order valence-electron chi connectivity index (χ3n) is 4.80. The number of benzene rings is 3. The lowest BCUT2D eigenvalue weighted by Crippen LogP contribution is -2.16. The van der Waals surface area contributed by atoms with E-state index in [-0.39, 0.29) is 11.3 Å². The van der Waals surface area contributed by atoms with E-state index in [4.69, 9.17) is 4.98 Å². The van der Waals surface area contributed by atoms with Gasteiger partial charge in [-0.15, -0.1) is 0 Å². The Balaban J connectivity index is 1.88. The number of anilines is 1. The van der Waals surface area contributed by atoms with E-state index < -0.39 is 11.7 Å². The van der Waals surface area contributed by atoms with Gasteiger partial charge in [0.1, 0.15) is 5.82 Å². The van der Waals surface area contributed by atoms with Gasteiger partial charge >= 0.3 is 0 Å². The van der Waals surface area contributed by atoms with Gasteiger partial charge in [-0.2, -0.15) is 0 Å². The smallest absolute Gasteiger partial charge is 0.256 e. The lowest BCUT2D eigenvalue weighted by atomic mass is 9.97. The van der Waals surface area contributed by atoms with Crippen molar-refractivity contribution in [2.75, 3.05) is 5.32 Å². The molecular weight excluding hydrogens is 447 g/mol. The van der Waals surface area contributed by atoms with Gasteiger partial charge in [0.05, 0.1) is 22.5 Å². The summed E-state index contributed by atoms with van der Waals surface area (Å²) in [5.74, 6) is -1.17. The normalized spacial score (nSPS) is 10.8. The van der Waals surface area contributed by atoms with Crippen molar-refractivity contribution in [3.8, 4) is 11.3 Å². The fourth-order valence-electron chi connectivity index (χ4n) is 3.37. The summed E-state index contributed by atoms with van der Waals surface area (Å²) in [5.41, 5.74) is 3.37. The molecule has 1 radical (unpaired) electrons. The maximum absolute atomic E-state index is 14.3. The van der Waals surface area contributed by atoms with E-state index >= 15 is 0 Å². The third-order valence-corrected chi connectivity index (χ3v) is 5.29. The average Bonchev–Trinajstić information content (AvgIpc) is 2.75. The van der Waals surface area contributed by atoms with E-state index in [1.165, 1.54) is 12.1 Å². The number of carbonyl (C=O) groups is 1. The van der Waals surface area contributed by atoms with Gasteiger partial charge in [-0.05, 0) is 48.9 Å². The van der Waals surface area contributed by atoms with E-state index in [9.17, 15) is 14.0 Å². The summed E-state index contributed by atoms with van der Waals surface area (Å²) >= 11 is 3.44. The van der Waals surface area contributed by atoms with Crippen LogP contribution in [0.5, 0.6) is 0 Å². The molecule has 0 aliphatic heterocycles. The van der Waals surface area contributed by atoms with Gasteiger partial charge < -0.3 is 5.32 Å². The minimum atomic E-state index is -0.704. The van der Waals surface area contributed by atoms with E-state index in [1.807, 2.05) is 55.5 Å². The molecule has 1 N–H and O–H groups in total. The first kappa shape index (κ1) is 19.9. The molecule has 0 spiro atoms. The van der Waals surface area contributed by atoms with Gasteiger partial charge in [-0.3, -0.25) is 9.59 Å². The van der Waals surface area contributed by atoms with Gasteiger partial charge in [0.25, 0.3) is 5.91 Å². The van der Waals surface area contributed by atoms with Gasteiger partial charge in [0.15, 0.2) is 0 Å². The Morgan fingerprint density at radius 2 is 1.83 bits per heavy atom.